The van der Waals surface area contributed by atoms with Crippen molar-refractivity contribution in [3.8, 4) is 11.3 Å². The summed E-state index contributed by atoms with van der Waals surface area (Å²) in [6.07, 6.45) is 3.00. The van der Waals surface area contributed by atoms with E-state index in [2.05, 4.69) is 72.3 Å². The van der Waals surface area contributed by atoms with E-state index in [0.717, 1.165) is 36.2 Å². The molecule has 0 fully saturated rings. The molecule has 2 N–H and O–H groups in total. The van der Waals surface area contributed by atoms with E-state index in [9.17, 15) is 0 Å². The monoisotopic (exact) mass is 317 g/mol. The molecule has 3 nitrogen and oxygen atoms in total. The third-order valence-corrected chi connectivity index (χ3v) is 4.42. The van der Waals surface area contributed by atoms with Crippen molar-refractivity contribution in [1.82, 2.24) is 9.97 Å². The maximum absolute atomic E-state index is 5.95. The smallest absolute Gasteiger partial charge is 0.220 e. The second-order valence-electron chi connectivity index (χ2n) is 6.19. The molecule has 0 unspecified atom stereocenters. The van der Waals surface area contributed by atoms with Gasteiger partial charge in [-0.2, -0.15) is 0 Å². The molecule has 3 heteroatoms. The van der Waals surface area contributed by atoms with Crippen molar-refractivity contribution in [1.29, 1.82) is 0 Å². The Bertz CT molecular complexity index is 826. The quantitative estimate of drug-likeness (QED) is 0.753. The Kier molecular flexibility index (Phi) is 4.90. The molecule has 0 radical (unpaired) electrons. The van der Waals surface area contributed by atoms with Crippen LogP contribution in [0.1, 0.15) is 28.8 Å². The van der Waals surface area contributed by atoms with Crippen LogP contribution in [0.3, 0.4) is 0 Å². The molecule has 0 aliphatic heterocycles. The molecule has 0 saturated carbocycles. The minimum Gasteiger partial charge on any atom is -0.368 e. The number of nitrogens with zero attached hydrogens (tertiary/aromatic N) is 2. The van der Waals surface area contributed by atoms with Crippen LogP contribution in [-0.4, -0.2) is 9.97 Å². The van der Waals surface area contributed by atoms with Crippen LogP contribution >= 0.6 is 0 Å². The van der Waals surface area contributed by atoms with E-state index in [4.69, 9.17) is 5.73 Å². The van der Waals surface area contributed by atoms with E-state index in [1.165, 1.54) is 16.7 Å². The van der Waals surface area contributed by atoms with Gasteiger partial charge in [-0.1, -0.05) is 48.5 Å². The van der Waals surface area contributed by atoms with Crippen LogP contribution in [0.15, 0.2) is 54.6 Å². The minimum atomic E-state index is 0.350. The zero-order valence-corrected chi connectivity index (χ0v) is 14.3. The summed E-state index contributed by atoms with van der Waals surface area (Å²) < 4.78 is 0. The van der Waals surface area contributed by atoms with E-state index in [1.54, 1.807) is 0 Å². The first kappa shape index (κ1) is 16.2. The molecule has 0 spiro atoms. The highest BCUT2D eigenvalue weighted by Gasteiger charge is 2.09. The van der Waals surface area contributed by atoms with Gasteiger partial charge >= 0.3 is 0 Å². The third kappa shape index (κ3) is 3.80. The Morgan fingerprint density at radius 3 is 2.46 bits per heavy atom. The number of benzene rings is 2. The maximum atomic E-state index is 5.95. The van der Waals surface area contributed by atoms with Crippen molar-refractivity contribution in [2.75, 3.05) is 5.73 Å². The van der Waals surface area contributed by atoms with Crippen molar-refractivity contribution in [3.63, 3.8) is 0 Å². The molecule has 0 saturated heterocycles. The van der Waals surface area contributed by atoms with Gasteiger partial charge in [-0.25, -0.2) is 9.97 Å². The fourth-order valence-electron chi connectivity index (χ4n) is 2.93. The van der Waals surface area contributed by atoms with Crippen molar-refractivity contribution in [2.24, 2.45) is 0 Å². The van der Waals surface area contributed by atoms with Crippen LogP contribution in [-0.2, 0) is 12.8 Å². The summed E-state index contributed by atoms with van der Waals surface area (Å²) in [7, 11) is 0. The van der Waals surface area contributed by atoms with Crippen molar-refractivity contribution >= 4 is 5.95 Å². The number of anilines is 1. The highest BCUT2D eigenvalue weighted by Crippen LogP contribution is 2.25. The Labute approximate surface area is 143 Å². The average Bonchev–Trinajstić information content (AvgIpc) is 2.58. The second-order valence-corrected chi connectivity index (χ2v) is 6.19. The summed E-state index contributed by atoms with van der Waals surface area (Å²) in [6, 6.07) is 18.9. The van der Waals surface area contributed by atoms with E-state index in [0.29, 0.717) is 5.95 Å². The van der Waals surface area contributed by atoms with Gasteiger partial charge in [0.05, 0.1) is 5.69 Å². The summed E-state index contributed by atoms with van der Waals surface area (Å²) in [5, 5.41) is 0. The lowest BCUT2D eigenvalue weighted by Crippen LogP contribution is -2.02. The van der Waals surface area contributed by atoms with Crippen LogP contribution in [0.4, 0.5) is 5.95 Å². The van der Waals surface area contributed by atoms with Crippen molar-refractivity contribution < 1.29 is 0 Å². The molecule has 3 rings (SSSR count). The molecule has 1 aromatic heterocycles. The van der Waals surface area contributed by atoms with Gasteiger partial charge in [0.2, 0.25) is 5.95 Å². The van der Waals surface area contributed by atoms with Gasteiger partial charge in [0.25, 0.3) is 0 Å². The fourth-order valence-corrected chi connectivity index (χ4v) is 2.93. The summed E-state index contributed by atoms with van der Waals surface area (Å²) >= 11 is 0. The zero-order chi connectivity index (χ0) is 16.9. The van der Waals surface area contributed by atoms with Crippen LogP contribution in [0, 0.1) is 13.8 Å². The number of hydrogen-bond acceptors (Lipinski definition) is 3. The molecule has 3 aromatic rings. The SMILES string of the molecule is Cc1cccc(-c2cc(CCCc3ccccc3)nc(N)n2)c1C. The Balaban J connectivity index is 1.78. The zero-order valence-electron chi connectivity index (χ0n) is 14.3. The number of nitrogen functional groups attached to an aromatic ring is 1. The number of aryl methyl sites for hydroxylation is 3. The Hall–Kier alpha value is -2.68. The normalized spacial score (nSPS) is 10.8. The van der Waals surface area contributed by atoms with Gasteiger partial charge in [0, 0.05) is 11.3 Å². The van der Waals surface area contributed by atoms with Gasteiger partial charge in [-0.15, -0.1) is 0 Å². The molecule has 24 heavy (non-hydrogen) atoms. The van der Waals surface area contributed by atoms with E-state index < -0.39 is 0 Å². The van der Waals surface area contributed by atoms with E-state index >= 15 is 0 Å². The highest BCUT2D eigenvalue weighted by atomic mass is 15.0. The maximum Gasteiger partial charge on any atom is 0.220 e. The topological polar surface area (TPSA) is 51.8 Å². The van der Waals surface area contributed by atoms with Gasteiger partial charge in [0.15, 0.2) is 0 Å². The molecule has 122 valence electrons. The number of rotatable bonds is 5. The molecular weight excluding hydrogens is 294 g/mol. The van der Waals surface area contributed by atoms with Crippen LogP contribution in [0.25, 0.3) is 11.3 Å². The fraction of sp³-hybridized carbons (Fsp3) is 0.238. The number of nitrogens with two attached hydrogens (primary N) is 1. The first-order valence-electron chi connectivity index (χ1n) is 8.37. The van der Waals surface area contributed by atoms with Gasteiger partial charge in [-0.05, 0) is 55.9 Å². The number of aromatic nitrogens is 2. The average molecular weight is 317 g/mol. The van der Waals surface area contributed by atoms with Crippen LogP contribution < -0.4 is 5.73 Å². The van der Waals surface area contributed by atoms with Crippen LogP contribution in [0.2, 0.25) is 0 Å². The molecule has 0 amide bonds. The Morgan fingerprint density at radius 2 is 1.67 bits per heavy atom. The molecule has 0 atom stereocenters. The molecule has 2 aromatic carbocycles. The molecular formula is C21H23N3. The summed E-state index contributed by atoms with van der Waals surface area (Å²) in [6.45, 7) is 4.24. The lowest BCUT2D eigenvalue weighted by molar-refractivity contribution is 0.797. The largest absolute Gasteiger partial charge is 0.368 e. The Morgan fingerprint density at radius 1 is 0.875 bits per heavy atom. The van der Waals surface area contributed by atoms with Crippen molar-refractivity contribution in [3.05, 3.63) is 77.0 Å². The van der Waals surface area contributed by atoms with E-state index in [1.807, 2.05) is 6.07 Å². The van der Waals surface area contributed by atoms with Crippen LogP contribution in [0.5, 0.6) is 0 Å². The van der Waals surface area contributed by atoms with Gasteiger partial charge in [0.1, 0.15) is 0 Å². The lowest BCUT2D eigenvalue weighted by Gasteiger charge is -2.10. The van der Waals surface area contributed by atoms with E-state index in [-0.39, 0.29) is 0 Å². The first-order chi connectivity index (χ1) is 11.6. The first-order valence-corrected chi connectivity index (χ1v) is 8.37. The molecule has 1 heterocycles. The number of hydrogen-bond donors (Lipinski definition) is 1. The highest BCUT2D eigenvalue weighted by molar-refractivity contribution is 5.66. The standard InChI is InChI=1S/C21H23N3/c1-15-8-6-13-19(16(15)2)20-14-18(23-21(22)24-20)12-7-11-17-9-4-3-5-10-17/h3-6,8-10,13-14H,7,11-12H2,1-2H3,(H2,22,23,24). The van der Waals surface area contributed by atoms with Gasteiger partial charge < -0.3 is 5.73 Å². The molecule has 0 aliphatic carbocycles. The second kappa shape index (κ2) is 7.26. The predicted molar refractivity (Wildman–Crippen MR) is 99.8 cm³/mol. The summed E-state index contributed by atoms with van der Waals surface area (Å²) in [5.41, 5.74) is 12.9. The lowest BCUT2D eigenvalue weighted by atomic mass is 10.00. The summed E-state index contributed by atoms with van der Waals surface area (Å²) in [4.78, 5) is 8.85. The van der Waals surface area contributed by atoms with Gasteiger partial charge in [-0.3, -0.25) is 0 Å². The molecule has 0 bridgehead atoms. The summed E-state index contributed by atoms with van der Waals surface area (Å²) in [5.74, 6) is 0.350. The molecule has 0 aliphatic rings. The third-order valence-electron chi connectivity index (χ3n) is 4.42. The van der Waals surface area contributed by atoms with Crippen molar-refractivity contribution in [2.45, 2.75) is 33.1 Å². The predicted octanol–water partition coefficient (Wildman–Crippen LogP) is 4.52. The minimum absolute atomic E-state index is 0.350.